The Morgan fingerprint density at radius 2 is 1.83 bits per heavy atom. The zero-order valence-electron chi connectivity index (χ0n) is 11.1. The molecule has 1 heterocycles. The molecule has 0 bridgehead atoms. The van der Waals surface area contributed by atoms with Crippen LogP contribution in [0.25, 0.3) is 5.69 Å². The van der Waals surface area contributed by atoms with E-state index in [0.717, 1.165) is 23.0 Å². The highest BCUT2D eigenvalue weighted by Crippen LogP contribution is 2.37. The third-order valence-corrected chi connectivity index (χ3v) is 4.37. The monoisotopic (exact) mass is 387 g/mol. The van der Waals surface area contributed by atoms with E-state index in [4.69, 9.17) is 23.2 Å². The normalized spacial score (nSPS) is 13.2. The summed E-state index contributed by atoms with van der Waals surface area (Å²) in [5.41, 5.74) is -5.24. The average molecular weight is 388 g/mol. The van der Waals surface area contributed by atoms with Crippen LogP contribution >= 0.6 is 23.2 Å². The van der Waals surface area contributed by atoms with Gasteiger partial charge in [-0.2, -0.15) is 5.10 Å². The maximum absolute atomic E-state index is 12.5. The predicted molar refractivity (Wildman–Crippen MR) is 77.4 cm³/mol. The molecule has 1 atom stereocenters. The maximum Gasteiger partial charge on any atom is 0.578 e. The first-order valence-electron chi connectivity index (χ1n) is 5.71. The third-order valence-electron chi connectivity index (χ3n) is 2.71. The standard InChI is InChI=1S/C11H6Cl2F3N3O3S/c1-5-9(19(20)21)4-18(17-5)10-7(12)2-6(3-8(10)13)23(22)11(14,15)16/h2-4H,1H3. The van der Waals surface area contributed by atoms with Gasteiger partial charge < -0.3 is 4.55 Å². The second-order valence-electron chi connectivity index (χ2n) is 4.25. The SMILES string of the molecule is Cc1nn(-c2c(Cl)cc([S+]([O-])C(F)(F)F)cc2Cl)cc1[N+](=O)[O-]. The van der Waals surface area contributed by atoms with Gasteiger partial charge in [-0.05, 0) is 6.92 Å². The number of aryl methyl sites for hydroxylation is 1. The van der Waals surface area contributed by atoms with Crippen LogP contribution < -0.4 is 0 Å². The number of aromatic nitrogens is 2. The van der Waals surface area contributed by atoms with Crippen LogP contribution in [0.3, 0.4) is 0 Å². The molecule has 0 spiro atoms. The van der Waals surface area contributed by atoms with Crippen molar-refractivity contribution >= 4 is 40.1 Å². The van der Waals surface area contributed by atoms with Gasteiger partial charge in [0.15, 0.2) is 4.90 Å². The van der Waals surface area contributed by atoms with Crippen molar-refractivity contribution in [1.29, 1.82) is 0 Å². The van der Waals surface area contributed by atoms with Crippen LogP contribution in [-0.2, 0) is 11.2 Å². The first-order chi connectivity index (χ1) is 10.5. The molecule has 0 aliphatic rings. The Bertz CT molecular complexity index is 759. The molecule has 124 valence electrons. The van der Waals surface area contributed by atoms with Gasteiger partial charge in [0.05, 0.1) is 26.1 Å². The van der Waals surface area contributed by atoms with E-state index in [1.807, 2.05) is 0 Å². The van der Waals surface area contributed by atoms with Gasteiger partial charge in [0.2, 0.25) is 0 Å². The van der Waals surface area contributed by atoms with Crippen LogP contribution in [0.2, 0.25) is 10.0 Å². The fourth-order valence-corrected chi connectivity index (χ4v) is 3.25. The van der Waals surface area contributed by atoms with Gasteiger partial charge in [0.1, 0.15) is 17.6 Å². The van der Waals surface area contributed by atoms with Gasteiger partial charge in [0.25, 0.3) is 0 Å². The lowest BCUT2D eigenvalue weighted by Crippen LogP contribution is -2.23. The van der Waals surface area contributed by atoms with Crippen LogP contribution in [0.4, 0.5) is 18.9 Å². The van der Waals surface area contributed by atoms with Gasteiger partial charge in [-0.3, -0.25) is 10.1 Å². The fraction of sp³-hybridized carbons (Fsp3) is 0.182. The Hall–Kier alpha value is -1.49. The van der Waals surface area contributed by atoms with Crippen molar-refractivity contribution in [3.8, 4) is 5.69 Å². The molecule has 2 aromatic rings. The highest BCUT2D eigenvalue weighted by molar-refractivity contribution is 7.92. The van der Waals surface area contributed by atoms with E-state index in [1.165, 1.54) is 6.92 Å². The molecule has 23 heavy (non-hydrogen) atoms. The van der Waals surface area contributed by atoms with Crippen LogP contribution in [-0.4, -0.2) is 24.8 Å². The van der Waals surface area contributed by atoms with Crippen molar-refractivity contribution in [1.82, 2.24) is 9.78 Å². The zero-order valence-corrected chi connectivity index (χ0v) is 13.4. The molecule has 6 nitrogen and oxygen atoms in total. The molecule has 0 N–H and O–H groups in total. The molecule has 0 fully saturated rings. The summed E-state index contributed by atoms with van der Waals surface area (Å²) < 4.78 is 49.8. The minimum absolute atomic E-state index is 0.0487. The molecule has 0 saturated carbocycles. The van der Waals surface area contributed by atoms with E-state index >= 15 is 0 Å². The van der Waals surface area contributed by atoms with E-state index in [2.05, 4.69) is 5.10 Å². The summed E-state index contributed by atoms with van der Waals surface area (Å²) in [5, 5.41) is 14.1. The van der Waals surface area contributed by atoms with Gasteiger partial charge in [-0.25, -0.2) is 4.68 Å². The Labute approximate surface area is 140 Å². The summed E-state index contributed by atoms with van der Waals surface area (Å²) >= 11 is 8.48. The van der Waals surface area contributed by atoms with Crippen LogP contribution in [0.5, 0.6) is 0 Å². The molecule has 0 aliphatic heterocycles. The zero-order chi connectivity index (χ0) is 17.5. The molecular weight excluding hydrogens is 382 g/mol. The van der Waals surface area contributed by atoms with Crippen molar-refractivity contribution < 1.29 is 22.6 Å². The van der Waals surface area contributed by atoms with Gasteiger partial charge >= 0.3 is 11.2 Å². The van der Waals surface area contributed by atoms with Gasteiger partial charge in [0, 0.05) is 12.1 Å². The van der Waals surface area contributed by atoms with E-state index in [-0.39, 0.29) is 27.1 Å². The number of nitrogens with zero attached hydrogens (tertiary/aromatic N) is 3. The van der Waals surface area contributed by atoms with Crippen molar-refractivity contribution in [2.45, 2.75) is 17.3 Å². The number of halogens is 5. The summed E-state index contributed by atoms with van der Waals surface area (Å²) in [6, 6.07) is 1.66. The molecule has 0 amide bonds. The molecule has 0 radical (unpaired) electrons. The second kappa shape index (κ2) is 6.19. The first kappa shape index (κ1) is 17.9. The third kappa shape index (κ3) is 3.55. The Balaban J connectivity index is 2.54. The Morgan fingerprint density at radius 3 is 2.22 bits per heavy atom. The lowest BCUT2D eigenvalue weighted by molar-refractivity contribution is -0.385. The second-order valence-corrected chi connectivity index (χ2v) is 6.54. The highest BCUT2D eigenvalue weighted by Gasteiger charge is 2.46. The summed E-state index contributed by atoms with van der Waals surface area (Å²) in [4.78, 5) is 9.51. The fourth-order valence-electron chi connectivity index (χ4n) is 1.75. The lowest BCUT2D eigenvalue weighted by atomic mass is 10.3. The minimum Gasteiger partial charge on any atom is -0.604 e. The molecule has 1 aromatic heterocycles. The quantitative estimate of drug-likeness (QED) is 0.452. The number of hydrogen-bond acceptors (Lipinski definition) is 4. The van der Waals surface area contributed by atoms with Crippen molar-refractivity contribution in [3.63, 3.8) is 0 Å². The average Bonchev–Trinajstić information content (AvgIpc) is 2.77. The van der Waals surface area contributed by atoms with E-state index in [9.17, 15) is 27.8 Å². The van der Waals surface area contributed by atoms with E-state index in [0.29, 0.717) is 0 Å². The molecule has 1 unspecified atom stereocenters. The number of alkyl halides is 3. The molecule has 2 rings (SSSR count). The summed E-state index contributed by atoms with van der Waals surface area (Å²) in [7, 11) is 0. The van der Waals surface area contributed by atoms with Crippen LogP contribution in [0.1, 0.15) is 5.69 Å². The minimum atomic E-state index is -4.96. The van der Waals surface area contributed by atoms with Gasteiger partial charge in [-0.1, -0.05) is 23.2 Å². The Kier molecular flexibility index (Phi) is 4.81. The van der Waals surface area contributed by atoms with Crippen LogP contribution in [0.15, 0.2) is 23.2 Å². The molecular formula is C11H6Cl2F3N3O3S. The predicted octanol–water partition coefficient (Wildman–Crippen LogP) is 4.02. The molecule has 0 saturated heterocycles. The number of benzene rings is 1. The smallest absolute Gasteiger partial charge is 0.578 e. The van der Waals surface area contributed by atoms with Crippen molar-refractivity contribution in [2.24, 2.45) is 0 Å². The summed E-state index contributed by atoms with van der Waals surface area (Å²) in [6.07, 6.45) is 1.03. The van der Waals surface area contributed by atoms with Crippen molar-refractivity contribution in [2.75, 3.05) is 0 Å². The largest absolute Gasteiger partial charge is 0.604 e. The summed E-state index contributed by atoms with van der Waals surface area (Å²) in [5.74, 6) is 0. The van der Waals surface area contributed by atoms with Crippen LogP contribution in [0, 0.1) is 17.0 Å². The maximum atomic E-state index is 12.5. The molecule has 12 heteroatoms. The molecule has 0 aliphatic carbocycles. The van der Waals surface area contributed by atoms with E-state index in [1.54, 1.807) is 0 Å². The van der Waals surface area contributed by atoms with E-state index < -0.39 is 26.5 Å². The lowest BCUT2D eigenvalue weighted by Gasteiger charge is -2.14. The number of hydrogen-bond donors (Lipinski definition) is 0. The number of rotatable bonds is 3. The first-order valence-corrected chi connectivity index (χ1v) is 7.61. The van der Waals surface area contributed by atoms with Crippen molar-refractivity contribution in [3.05, 3.63) is 44.2 Å². The van der Waals surface area contributed by atoms with Gasteiger partial charge in [-0.15, -0.1) is 13.2 Å². The Morgan fingerprint density at radius 1 is 1.30 bits per heavy atom. The summed E-state index contributed by atoms with van der Waals surface area (Å²) in [6.45, 7) is 1.38. The number of nitro groups is 1. The topological polar surface area (TPSA) is 84.0 Å². The highest BCUT2D eigenvalue weighted by atomic mass is 35.5. The molecule has 1 aromatic carbocycles.